The van der Waals surface area contributed by atoms with E-state index in [1.54, 1.807) is 24.3 Å². The van der Waals surface area contributed by atoms with Crippen molar-refractivity contribution in [1.29, 1.82) is 0 Å². The Morgan fingerprint density at radius 2 is 2.00 bits per heavy atom. The van der Waals surface area contributed by atoms with Crippen LogP contribution in [0.2, 0.25) is 5.02 Å². The molecule has 2 aromatic rings. The minimum absolute atomic E-state index is 0.108. The number of ether oxygens (including phenoxy) is 1. The van der Waals surface area contributed by atoms with Gasteiger partial charge in [0.25, 0.3) is 5.91 Å². The molecule has 1 fully saturated rings. The van der Waals surface area contributed by atoms with Crippen LogP contribution in [0.15, 0.2) is 53.5 Å². The summed E-state index contributed by atoms with van der Waals surface area (Å²) in [4.78, 5) is 17.1. The zero-order valence-electron chi connectivity index (χ0n) is 14.7. The second-order valence-corrected chi connectivity index (χ2v) is 6.66. The number of aryl methyl sites for hydroxylation is 1. The Hall–Kier alpha value is -2.37. The fourth-order valence-corrected chi connectivity index (χ4v) is 2.84. The van der Waals surface area contributed by atoms with E-state index in [0.717, 1.165) is 30.7 Å². The summed E-state index contributed by atoms with van der Waals surface area (Å²) in [6.07, 6.45) is 2.15. The van der Waals surface area contributed by atoms with Crippen LogP contribution in [0.1, 0.15) is 28.8 Å². The Morgan fingerprint density at radius 3 is 2.69 bits per heavy atom. The molecule has 0 radical (unpaired) electrons. The number of para-hydroxylation sites is 1. The Bertz CT molecular complexity index is 784. The Kier molecular flexibility index (Phi) is 6.26. The molecule has 0 bridgehead atoms. The average Bonchev–Trinajstić information content (AvgIpc) is 3.15. The Balaban J connectivity index is 1.75. The summed E-state index contributed by atoms with van der Waals surface area (Å²) < 4.78 is 5.62. The minimum atomic E-state index is -0.242. The summed E-state index contributed by atoms with van der Waals surface area (Å²) in [5.41, 5.74) is 2.49. The zero-order chi connectivity index (χ0) is 18.4. The van der Waals surface area contributed by atoms with Crippen LogP contribution in [0.25, 0.3) is 0 Å². The highest BCUT2D eigenvalue weighted by atomic mass is 35.5. The normalized spacial score (nSPS) is 17.2. The molecule has 2 N–H and O–H groups in total. The number of benzene rings is 2. The van der Waals surface area contributed by atoms with Crippen molar-refractivity contribution in [2.24, 2.45) is 4.99 Å². The summed E-state index contributed by atoms with van der Waals surface area (Å²) in [6.45, 7) is 3.29. The van der Waals surface area contributed by atoms with Crippen LogP contribution in [0.4, 0.5) is 5.69 Å². The summed E-state index contributed by atoms with van der Waals surface area (Å²) >= 11 is 5.89. The van der Waals surface area contributed by atoms with E-state index in [0.29, 0.717) is 23.1 Å². The number of amides is 1. The molecular weight excluding hydrogens is 350 g/mol. The van der Waals surface area contributed by atoms with Gasteiger partial charge in [-0.2, -0.15) is 0 Å². The predicted octanol–water partition coefficient (Wildman–Crippen LogP) is 4.03. The molecule has 136 valence electrons. The maximum atomic E-state index is 12.5. The van der Waals surface area contributed by atoms with Gasteiger partial charge in [0.2, 0.25) is 5.96 Å². The lowest BCUT2D eigenvalue weighted by Gasteiger charge is -2.14. The maximum Gasteiger partial charge on any atom is 0.257 e. The van der Waals surface area contributed by atoms with Gasteiger partial charge in [-0.05, 0) is 55.7 Å². The molecule has 3 rings (SSSR count). The number of guanidine groups is 1. The van der Waals surface area contributed by atoms with Crippen LogP contribution < -0.4 is 10.6 Å². The van der Waals surface area contributed by atoms with Crippen LogP contribution in [0.5, 0.6) is 0 Å². The van der Waals surface area contributed by atoms with Gasteiger partial charge in [0.15, 0.2) is 0 Å². The number of carbonyl (C=O) groups excluding carboxylic acids is 1. The molecule has 1 heterocycles. The van der Waals surface area contributed by atoms with Gasteiger partial charge in [-0.25, -0.2) is 4.99 Å². The standard InChI is InChI=1S/C20H22ClN3O2/c1-14-5-2-3-7-18(14)23-20(22-13-17-6-4-12-26-17)24-19(25)15-8-10-16(21)11-9-15/h2-3,5,7-11,17H,4,6,12-13H2,1H3,(H2,22,23,24,25). The molecule has 2 aromatic carbocycles. The molecule has 1 unspecified atom stereocenters. The molecule has 0 aliphatic carbocycles. The van der Waals surface area contributed by atoms with Crippen molar-refractivity contribution in [1.82, 2.24) is 5.32 Å². The summed E-state index contributed by atoms with van der Waals surface area (Å²) in [5.74, 6) is 0.170. The molecule has 1 aliphatic heterocycles. The second kappa shape index (κ2) is 8.83. The van der Waals surface area contributed by atoms with Crippen LogP contribution in [-0.4, -0.2) is 31.1 Å². The molecule has 0 spiro atoms. The van der Waals surface area contributed by atoms with E-state index in [1.807, 2.05) is 31.2 Å². The van der Waals surface area contributed by atoms with Gasteiger partial charge >= 0.3 is 0 Å². The quantitative estimate of drug-likeness (QED) is 0.630. The van der Waals surface area contributed by atoms with Crippen LogP contribution in [0, 0.1) is 6.92 Å². The number of halogens is 1. The van der Waals surface area contributed by atoms with E-state index in [9.17, 15) is 4.79 Å². The van der Waals surface area contributed by atoms with Gasteiger partial charge in [0.1, 0.15) is 0 Å². The minimum Gasteiger partial charge on any atom is -0.376 e. The molecule has 1 aliphatic rings. The first kappa shape index (κ1) is 18.4. The molecule has 1 atom stereocenters. The third-order valence-corrected chi connectivity index (χ3v) is 4.47. The third kappa shape index (κ3) is 5.07. The van der Waals surface area contributed by atoms with Gasteiger partial charge in [-0.1, -0.05) is 29.8 Å². The van der Waals surface area contributed by atoms with Crippen molar-refractivity contribution in [3.63, 3.8) is 0 Å². The highest BCUT2D eigenvalue weighted by molar-refractivity contribution is 6.30. The number of rotatable bonds is 4. The van der Waals surface area contributed by atoms with Crippen LogP contribution in [0.3, 0.4) is 0 Å². The van der Waals surface area contributed by atoms with Gasteiger partial charge in [0.05, 0.1) is 12.6 Å². The largest absolute Gasteiger partial charge is 0.376 e. The number of hydrogen-bond acceptors (Lipinski definition) is 3. The van der Waals surface area contributed by atoms with Gasteiger partial charge < -0.3 is 10.1 Å². The van der Waals surface area contributed by atoms with Crippen molar-refractivity contribution in [3.8, 4) is 0 Å². The third-order valence-electron chi connectivity index (χ3n) is 4.21. The predicted molar refractivity (Wildman–Crippen MR) is 105 cm³/mol. The Labute approximate surface area is 158 Å². The second-order valence-electron chi connectivity index (χ2n) is 6.23. The van der Waals surface area contributed by atoms with Gasteiger partial charge in [-0.15, -0.1) is 0 Å². The fraction of sp³-hybridized carbons (Fsp3) is 0.300. The highest BCUT2D eigenvalue weighted by Gasteiger charge is 2.16. The lowest BCUT2D eigenvalue weighted by molar-refractivity contribution is 0.0975. The number of hydrogen-bond donors (Lipinski definition) is 2. The van der Waals surface area contributed by atoms with Crippen molar-refractivity contribution >= 4 is 29.2 Å². The summed E-state index contributed by atoms with van der Waals surface area (Å²) in [6, 6.07) is 14.6. The molecule has 0 aromatic heterocycles. The topological polar surface area (TPSA) is 62.7 Å². The van der Waals surface area contributed by atoms with E-state index < -0.39 is 0 Å². The zero-order valence-corrected chi connectivity index (χ0v) is 15.4. The van der Waals surface area contributed by atoms with E-state index in [4.69, 9.17) is 16.3 Å². The lowest BCUT2D eigenvalue weighted by Crippen LogP contribution is -2.37. The summed E-state index contributed by atoms with van der Waals surface area (Å²) in [5, 5.41) is 6.66. The van der Waals surface area contributed by atoms with E-state index >= 15 is 0 Å². The first-order valence-electron chi connectivity index (χ1n) is 8.67. The molecule has 1 amide bonds. The Morgan fingerprint density at radius 1 is 1.23 bits per heavy atom. The molecule has 26 heavy (non-hydrogen) atoms. The summed E-state index contributed by atoms with van der Waals surface area (Å²) in [7, 11) is 0. The average molecular weight is 372 g/mol. The number of nitrogens with one attached hydrogen (secondary N) is 2. The van der Waals surface area contributed by atoms with Crippen molar-refractivity contribution in [3.05, 3.63) is 64.7 Å². The molecule has 0 saturated carbocycles. The van der Waals surface area contributed by atoms with E-state index in [1.165, 1.54) is 0 Å². The smallest absolute Gasteiger partial charge is 0.257 e. The van der Waals surface area contributed by atoms with Crippen molar-refractivity contribution in [2.45, 2.75) is 25.9 Å². The van der Waals surface area contributed by atoms with Gasteiger partial charge in [-0.3, -0.25) is 10.1 Å². The van der Waals surface area contributed by atoms with Crippen molar-refractivity contribution in [2.75, 3.05) is 18.5 Å². The maximum absolute atomic E-state index is 12.5. The lowest BCUT2D eigenvalue weighted by atomic mass is 10.2. The van der Waals surface area contributed by atoms with Crippen molar-refractivity contribution < 1.29 is 9.53 Å². The number of nitrogens with zero attached hydrogens (tertiary/aromatic N) is 1. The first-order valence-corrected chi connectivity index (χ1v) is 9.05. The van der Waals surface area contributed by atoms with Gasteiger partial charge in [0, 0.05) is 22.9 Å². The number of anilines is 1. The first-order chi connectivity index (χ1) is 12.6. The monoisotopic (exact) mass is 371 g/mol. The van der Waals surface area contributed by atoms with E-state index in [-0.39, 0.29) is 12.0 Å². The molecule has 1 saturated heterocycles. The van der Waals surface area contributed by atoms with E-state index in [2.05, 4.69) is 15.6 Å². The SMILES string of the molecule is Cc1ccccc1NC(=NCC1CCCO1)NC(=O)c1ccc(Cl)cc1. The number of carbonyl (C=O) groups is 1. The highest BCUT2D eigenvalue weighted by Crippen LogP contribution is 2.15. The molecular formula is C20H22ClN3O2. The fourth-order valence-electron chi connectivity index (χ4n) is 2.71. The van der Waals surface area contributed by atoms with Crippen LogP contribution in [-0.2, 0) is 4.74 Å². The number of aliphatic imine (C=N–C) groups is 1. The molecule has 6 heteroatoms. The van der Waals surface area contributed by atoms with Crippen LogP contribution >= 0.6 is 11.6 Å². The molecule has 5 nitrogen and oxygen atoms in total.